The molecule has 2 N–H and O–H groups in total. The van der Waals surface area contributed by atoms with Crippen molar-refractivity contribution in [2.75, 3.05) is 7.11 Å². The number of imidazole rings is 1. The summed E-state index contributed by atoms with van der Waals surface area (Å²) in [6.45, 7) is 5.26. The molecule has 1 aromatic heterocycles. The van der Waals surface area contributed by atoms with Crippen LogP contribution in [-0.2, 0) is 12.1 Å². The van der Waals surface area contributed by atoms with Gasteiger partial charge in [0.2, 0.25) is 0 Å². The average molecular weight is 273 g/mol. The van der Waals surface area contributed by atoms with Crippen LogP contribution in [0.3, 0.4) is 0 Å². The topological polar surface area (TPSA) is 53.1 Å². The molecule has 0 saturated heterocycles. The van der Waals surface area contributed by atoms with Crippen LogP contribution in [0.2, 0.25) is 0 Å². The van der Waals surface area contributed by atoms with E-state index in [9.17, 15) is 0 Å². The summed E-state index contributed by atoms with van der Waals surface area (Å²) < 4.78 is 7.58. The maximum Gasteiger partial charge on any atom is 0.130 e. The summed E-state index contributed by atoms with van der Waals surface area (Å²) in [5, 5.41) is 0. The lowest BCUT2D eigenvalue weighted by Gasteiger charge is -2.25. The molecule has 1 unspecified atom stereocenters. The minimum atomic E-state index is -0.332. The van der Waals surface area contributed by atoms with Crippen molar-refractivity contribution in [3.05, 3.63) is 24.0 Å². The third kappa shape index (κ3) is 2.08. The minimum Gasteiger partial charge on any atom is -0.497 e. The molecule has 0 aliphatic heterocycles. The van der Waals surface area contributed by atoms with Gasteiger partial charge in [-0.05, 0) is 44.2 Å². The third-order valence-electron chi connectivity index (χ3n) is 4.31. The van der Waals surface area contributed by atoms with Gasteiger partial charge in [0.05, 0.1) is 23.7 Å². The molecule has 2 aromatic rings. The van der Waals surface area contributed by atoms with Crippen molar-refractivity contribution < 1.29 is 4.74 Å². The van der Waals surface area contributed by atoms with Gasteiger partial charge in [0.1, 0.15) is 11.6 Å². The summed E-state index contributed by atoms with van der Waals surface area (Å²) in [5.74, 6) is 2.43. The number of hydrogen-bond acceptors (Lipinski definition) is 3. The molecule has 4 heteroatoms. The van der Waals surface area contributed by atoms with Crippen LogP contribution in [-0.4, -0.2) is 16.7 Å². The van der Waals surface area contributed by atoms with Crippen LogP contribution in [0.5, 0.6) is 5.75 Å². The maximum atomic E-state index is 6.59. The van der Waals surface area contributed by atoms with E-state index in [0.29, 0.717) is 5.92 Å². The second-order valence-electron chi connectivity index (χ2n) is 6.00. The second kappa shape index (κ2) is 4.77. The first kappa shape index (κ1) is 13.4. The number of rotatable bonds is 5. The summed E-state index contributed by atoms with van der Waals surface area (Å²) in [7, 11) is 1.68. The van der Waals surface area contributed by atoms with Crippen LogP contribution < -0.4 is 10.5 Å². The lowest BCUT2D eigenvalue weighted by molar-refractivity contribution is 0.382. The van der Waals surface area contributed by atoms with Crippen LogP contribution in [0, 0.1) is 5.92 Å². The van der Waals surface area contributed by atoms with Crippen molar-refractivity contribution >= 4 is 11.0 Å². The van der Waals surface area contributed by atoms with Crippen LogP contribution in [0.15, 0.2) is 18.2 Å². The van der Waals surface area contributed by atoms with E-state index in [0.717, 1.165) is 35.6 Å². The fraction of sp³-hybridized carbons (Fsp3) is 0.562. The molecule has 1 aliphatic carbocycles. The predicted molar refractivity (Wildman–Crippen MR) is 80.8 cm³/mol. The highest BCUT2D eigenvalue weighted by molar-refractivity contribution is 5.78. The molecule has 1 atom stereocenters. The lowest BCUT2D eigenvalue weighted by Crippen LogP contribution is -2.38. The Morgan fingerprint density at radius 2 is 2.20 bits per heavy atom. The maximum absolute atomic E-state index is 6.59. The standard InChI is InChI=1S/C16H23N3O/c1-4-9-19-14-8-7-12(20-3)10-13(14)18-15(19)16(2,17)11-5-6-11/h7-8,10-11H,4-6,9,17H2,1-3H3. The smallest absolute Gasteiger partial charge is 0.130 e. The SMILES string of the molecule is CCCn1c(C(C)(N)C2CC2)nc2cc(OC)ccc21. The molecule has 0 amide bonds. The molecule has 1 heterocycles. The Balaban J connectivity index is 2.16. The normalized spacial score (nSPS) is 18.2. The van der Waals surface area contributed by atoms with Gasteiger partial charge in [-0.2, -0.15) is 0 Å². The Labute approximate surface area is 119 Å². The van der Waals surface area contributed by atoms with E-state index < -0.39 is 0 Å². The van der Waals surface area contributed by atoms with Gasteiger partial charge in [-0.3, -0.25) is 0 Å². The van der Waals surface area contributed by atoms with Crippen molar-refractivity contribution in [1.82, 2.24) is 9.55 Å². The first-order chi connectivity index (χ1) is 9.57. The fourth-order valence-electron chi connectivity index (χ4n) is 2.96. The minimum absolute atomic E-state index is 0.332. The molecule has 1 fully saturated rings. The van der Waals surface area contributed by atoms with E-state index in [-0.39, 0.29) is 5.54 Å². The van der Waals surface area contributed by atoms with Crippen molar-refractivity contribution in [2.45, 2.75) is 45.2 Å². The first-order valence-corrected chi connectivity index (χ1v) is 7.41. The van der Waals surface area contributed by atoms with E-state index in [4.69, 9.17) is 15.5 Å². The average Bonchev–Trinajstić information content (AvgIpc) is 3.23. The number of benzene rings is 1. The molecule has 3 rings (SSSR count). The van der Waals surface area contributed by atoms with E-state index in [1.165, 1.54) is 12.8 Å². The highest BCUT2D eigenvalue weighted by Crippen LogP contribution is 2.44. The zero-order valence-corrected chi connectivity index (χ0v) is 12.5. The van der Waals surface area contributed by atoms with Crippen molar-refractivity contribution in [3.63, 3.8) is 0 Å². The monoisotopic (exact) mass is 273 g/mol. The van der Waals surface area contributed by atoms with Gasteiger partial charge in [0, 0.05) is 12.6 Å². The second-order valence-corrected chi connectivity index (χ2v) is 6.00. The summed E-state index contributed by atoms with van der Waals surface area (Å²) in [5.41, 5.74) is 8.39. The predicted octanol–water partition coefficient (Wildman–Crippen LogP) is 3.04. The number of ether oxygens (including phenoxy) is 1. The number of nitrogens with two attached hydrogens (primary N) is 1. The van der Waals surface area contributed by atoms with Gasteiger partial charge >= 0.3 is 0 Å². The Morgan fingerprint density at radius 1 is 1.45 bits per heavy atom. The quantitative estimate of drug-likeness (QED) is 0.911. The number of hydrogen-bond donors (Lipinski definition) is 1. The number of methoxy groups -OCH3 is 1. The molecule has 20 heavy (non-hydrogen) atoms. The largest absolute Gasteiger partial charge is 0.497 e. The van der Waals surface area contributed by atoms with Crippen molar-refractivity contribution in [1.29, 1.82) is 0 Å². The van der Waals surface area contributed by atoms with E-state index in [1.807, 2.05) is 12.1 Å². The highest BCUT2D eigenvalue weighted by Gasteiger charge is 2.43. The molecule has 4 nitrogen and oxygen atoms in total. The lowest BCUT2D eigenvalue weighted by atomic mass is 9.96. The molecule has 0 spiro atoms. The van der Waals surface area contributed by atoms with Crippen molar-refractivity contribution in [3.8, 4) is 5.75 Å². The summed E-state index contributed by atoms with van der Waals surface area (Å²) >= 11 is 0. The van der Waals surface area contributed by atoms with E-state index in [1.54, 1.807) is 7.11 Å². The summed E-state index contributed by atoms with van der Waals surface area (Å²) in [4.78, 5) is 4.83. The molecule has 0 radical (unpaired) electrons. The van der Waals surface area contributed by atoms with Gasteiger partial charge in [-0.1, -0.05) is 6.92 Å². The van der Waals surface area contributed by atoms with Crippen molar-refractivity contribution in [2.24, 2.45) is 11.7 Å². The zero-order chi connectivity index (χ0) is 14.3. The molecular formula is C16H23N3O. The first-order valence-electron chi connectivity index (χ1n) is 7.41. The molecular weight excluding hydrogens is 250 g/mol. The Hall–Kier alpha value is -1.55. The van der Waals surface area contributed by atoms with Crippen LogP contribution in [0.25, 0.3) is 11.0 Å². The van der Waals surface area contributed by atoms with Gasteiger partial charge < -0.3 is 15.0 Å². The van der Waals surface area contributed by atoms with Gasteiger partial charge in [-0.15, -0.1) is 0 Å². The Morgan fingerprint density at radius 3 is 2.80 bits per heavy atom. The Kier molecular flexibility index (Phi) is 3.21. The fourth-order valence-corrected chi connectivity index (χ4v) is 2.96. The molecule has 1 aliphatic rings. The number of nitrogens with zero attached hydrogens (tertiary/aromatic N) is 2. The number of aromatic nitrogens is 2. The summed E-state index contributed by atoms with van der Waals surface area (Å²) in [6, 6.07) is 6.07. The van der Waals surface area contributed by atoms with Crippen LogP contribution in [0.4, 0.5) is 0 Å². The van der Waals surface area contributed by atoms with Gasteiger partial charge in [0.15, 0.2) is 0 Å². The van der Waals surface area contributed by atoms with E-state index in [2.05, 4.69) is 24.5 Å². The molecule has 1 saturated carbocycles. The van der Waals surface area contributed by atoms with E-state index >= 15 is 0 Å². The zero-order valence-electron chi connectivity index (χ0n) is 12.5. The Bertz CT molecular complexity index is 626. The molecule has 0 bridgehead atoms. The molecule has 1 aromatic carbocycles. The highest BCUT2D eigenvalue weighted by atomic mass is 16.5. The number of aryl methyl sites for hydroxylation is 1. The molecule has 108 valence electrons. The van der Waals surface area contributed by atoms with Gasteiger partial charge in [0.25, 0.3) is 0 Å². The number of fused-ring (bicyclic) bond motifs is 1. The van der Waals surface area contributed by atoms with Crippen LogP contribution in [0.1, 0.15) is 38.9 Å². The third-order valence-corrected chi connectivity index (χ3v) is 4.31. The van der Waals surface area contributed by atoms with Crippen LogP contribution >= 0.6 is 0 Å². The van der Waals surface area contributed by atoms with Gasteiger partial charge in [-0.25, -0.2) is 4.98 Å². The summed E-state index contributed by atoms with van der Waals surface area (Å²) in [6.07, 6.45) is 3.50.